The molecular weight excluding hydrogens is 389 g/mol. The number of hydrogen-bond acceptors (Lipinski definition) is 5. The van der Waals surface area contributed by atoms with Gasteiger partial charge in [-0.1, -0.05) is 35.3 Å². The molecule has 0 fully saturated rings. The molecule has 1 aliphatic heterocycles. The van der Waals surface area contributed by atoms with Crippen LogP contribution in [-0.2, 0) is 4.79 Å². The second-order valence-corrected chi connectivity index (χ2v) is 6.93. The van der Waals surface area contributed by atoms with E-state index in [1.807, 2.05) is 19.1 Å². The highest BCUT2D eigenvalue weighted by Crippen LogP contribution is 2.43. The number of halogens is 2. The molecule has 0 radical (unpaired) electrons. The highest BCUT2D eigenvalue weighted by atomic mass is 35.5. The van der Waals surface area contributed by atoms with E-state index in [1.165, 1.54) is 7.11 Å². The van der Waals surface area contributed by atoms with Gasteiger partial charge in [0.2, 0.25) is 11.8 Å². The Kier molecular flexibility index (Phi) is 4.49. The van der Waals surface area contributed by atoms with Crippen LogP contribution >= 0.6 is 23.2 Å². The number of carbonyl (C=O) groups excluding carboxylic acids is 1. The zero-order valence-corrected chi connectivity index (χ0v) is 16.0. The number of nitrogens with zero attached hydrogens (tertiary/aromatic N) is 4. The van der Waals surface area contributed by atoms with Crippen LogP contribution in [0.3, 0.4) is 0 Å². The number of ether oxygens (including phenoxy) is 1. The number of aromatic nitrogens is 4. The summed E-state index contributed by atoms with van der Waals surface area (Å²) in [5, 5.41) is 16.4. The van der Waals surface area contributed by atoms with Crippen LogP contribution in [0.5, 0.6) is 5.88 Å². The monoisotopic (exact) mass is 403 g/mol. The van der Waals surface area contributed by atoms with E-state index in [0.29, 0.717) is 27.6 Å². The summed E-state index contributed by atoms with van der Waals surface area (Å²) in [7, 11) is 1.52. The van der Waals surface area contributed by atoms with Gasteiger partial charge in [0, 0.05) is 24.0 Å². The van der Waals surface area contributed by atoms with Gasteiger partial charge in [-0.3, -0.25) is 4.79 Å². The maximum absolute atomic E-state index is 12.4. The Balaban J connectivity index is 1.87. The fourth-order valence-corrected chi connectivity index (χ4v) is 3.74. The number of aryl methyl sites for hydroxylation is 1. The second kappa shape index (κ2) is 6.83. The normalized spacial score (nSPS) is 16.0. The van der Waals surface area contributed by atoms with E-state index in [2.05, 4.69) is 20.6 Å². The molecule has 1 atom stereocenters. The van der Waals surface area contributed by atoms with Crippen molar-refractivity contribution in [2.75, 3.05) is 12.4 Å². The van der Waals surface area contributed by atoms with E-state index in [9.17, 15) is 4.79 Å². The molecule has 0 unspecified atom stereocenters. The number of rotatable bonds is 3. The van der Waals surface area contributed by atoms with E-state index >= 15 is 0 Å². The molecule has 2 aromatic heterocycles. The summed E-state index contributed by atoms with van der Waals surface area (Å²) in [6.07, 6.45) is 0.258. The Morgan fingerprint density at radius 2 is 2.04 bits per heavy atom. The van der Waals surface area contributed by atoms with Gasteiger partial charge in [-0.25, -0.2) is 0 Å². The number of fused-ring (bicyclic) bond motifs is 1. The maximum atomic E-state index is 12.4. The number of hydrogen-bond donors (Lipinski definition) is 1. The highest BCUT2D eigenvalue weighted by molar-refractivity contribution is 6.42. The third kappa shape index (κ3) is 3.02. The van der Waals surface area contributed by atoms with Gasteiger partial charge in [0.1, 0.15) is 5.82 Å². The lowest BCUT2D eigenvalue weighted by molar-refractivity contribution is -0.116. The van der Waals surface area contributed by atoms with Gasteiger partial charge >= 0.3 is 0 Å². The fraction of sp³-hybridized carbons (Fsp3) is 0.222. The van der Waals surface area contributed by atoms with Gasteiger partial charge < -0.3 is 10.1 Å². The van der Waals surface area contributed by atoms with Crippen molar-refractivity contribution in [3.63, 3.8) is 0 Å². The van der Waals surface area contributed by atoms with Crippen LogP contribution in [0.25, 0.3) is 5.82 Å². The van der Waals surface area contributed by atoms with Crippen molar-refractivity contribution in [3.8, 4) is 11.7 Å². The molecule has 0 spiro atoms. The van der Waals surface area contributed by atoms with Crippen LogP contribution < -0.4 is 10.1 Å². The highest BCUT2D eigenvalue weighted by Gasteiger charge is 2.34. The molecule has 1 aliphatic rings. The number of anilines is 1. The molecule has 3 heterocycles. The topological polar surface area (TPSA) is 81.9 Å². The largest absolute Gasteiger partial charge is 0.480 e. The molecule has 0 bridgehead atoms. The van der Waals surface area contributed by atoms with Gasteiger partial charge in [0.25, 0.3) is 0 Å². The van der Waals surface area contributed by atoms with Crippen LogP contribution in [0.1, 0.15) is 29.2 Å². The number of amides is 1. The molecule has 0 aliphatic carbocycles. The molecule has 0 saturated heterocycles. The quantitative estimate of drug-likeness (QED) is 0.719. The van der Waals surface area contributed by atoms with Crippen molar-refractivity contribution in [2.24, 2.45) is 0 Å². The number of nitrogens with one attached hydrogen (secondary N) is 1. The predicted molar refractivity (Wildman–Crippen MR) is 102 cm³/mol. The Bertz CT molecular complexity index is 1030. The zero-order chi connectivity index (χ0) is 19.1. The average Bonchev–Trinajstić information content (AvgIpc) is 3.00. The summed E-state index contributed by atoms with van der Waals surface area (Å²) >= 11 is 12.6. The summed E-state index contributed by atoms with van der Waals surface area (Å²) < 4.78 is 6.61. The molecule has 1 N–H and O–H groups in total. The molecule has 138 valence electrons. The van der Waals surface area contributed by atoms with Crippen LogP contribution in [0.4, 0.5) is 5.82 Å². The van der Waals surface area contributed by atoms with Crippen LogP contribution in [0.2, 0.25) is 10.0 Å². The zero-order valence-electron chi connectivity index (χ0n) is 14.5. The third-order valence-electron chi connectivity index (χ3n) is 4.51. The van der Waals surface area contributed by atoms with Gasteiger partial charge in [0.05, 0.1) is 22.8 Å². The Labute approximate surface area is 165 Å². The van der Waals surface area contributed by atoms with E-state index in [1.54, 1.807) is 22.9 Å². The molecule has 27 heavy (non-hydrogen) atoms. The fourth-order valence-electron chi connectivity index (χ4n) is 3.30. The third-order valence-corrected chi connectivity index (χ3v) is 5.35. The summed E-state index contributed by atoms with van der Waals surface area (Å²) in [6.45, 7) is 1.88. The van der Waals surface area contributed by atoms with Crippen molar-refractivity contribution in [1.29, 1.82) is 0 Å². The number of methoxy groups -OCH3 is 1. The van der Waals surface area contributed by atoms with Crippen molar-refractivity contribution >= 4 is 34.9 Å². The molecule has 7 nitrogen and oxygen atoms in total. The molecule has 9 heteroatoms. The lowest BCUT2D eigenvalue weighted by Crippen LogP contribution is -2.25. The standard InChI is InChI=1S/C18H15Cl2N5O2/c1-9-16-11(10-4-3-5-12(19)17(10)20)8-14(26)21-18(16)25(24-9)13-6-7-15(27-2)23-22-13/h3-7,11H,8H2,1-2H3,(H,21,26)/t11-/m0/s1. The first-order chi connectivity index (χ1) is 13.0. The second-order valence-electron chi connectivity index (χ2n) is 6.14. The minimum Gasteiger partial charge on any atom is -0.480 e. The minimum absolute atomic E-state index is 0.133. The van der Waals surface area contributed by atoms with E-state index in [4.69, 9.17) is 27.9 Å². The predicted octanol–water partition coefficient (Wildman–Crippen LogP) is 3.76. The van der Waals surface area contributed by atoms with Gasteiger partial charge in [-0.05, 0) is 24.6 Å². The van der Waals surface area contributed by atoms with Crippen LogP contribution in [-0.4, -0.2) is 33.0 Å². The Morgan fingerprint density at radius 3 is 2.74 bits per heavy atom. The van der Waals surface area contributed by atoms with Crippen molar-refractivity contribution < 1.29 is 9.53 Å². The lowest BCUT2D eigenvalue weighted by Gasteiger charge is -2.25. The van der Waals surface area contributed by atoms with Crippen molar-refractivity contribution in [3.05, 3.63) is 57.2 Å². The minimum atomic E-state index is -0.250. The summed E-state index contributed by atoms with van der Waals surface area (Å²) in [4.78, 5) is 12.4. The first-order valence-electron chi connectivity index (χ1n) is 8.21. The van der Waals surface area contributed by atoms with Gasteiger partial charge in [-0.15, -0.1) is 10.2 Å². The lowest BCUT2D eigenvalue weighted by atomic mass is 9.86. The molecule has 1 aromatic carbocycles. The summed E-state index contributed by atoms with van der Waals surface area (Å²) in [5.74, 6) is 1.04. The first kappa shape index (κ1) is 17.8. The SMILES string of the molecule is COc1ccc(-n2nc(C)c3c2NC(=O)C[C@H]3c2cccc(Cl)c2Cl)nn1. The Morgan fingerprint density at radius 1 is 1.22 bits per heavy atom. The molecule has 3 aromatic rings. The summed E-state index contributed by atoms with van der Waals surface area (Å²) in [6, 6.07) is 8.83. The number of carbonyl (C=O) groups is 1. The summed E-state index contributed by atoms with van der Waals surface area (Å²) in [5.41, 5.74) is 2.45. The molecular formula is C18H15Cl2N5O2. The van der Waals surface area contributed by atoms with Crippen LogP contribution in [0.15, 0.2) is 30.3 Å². The first-order valence-corrected chi connectivity index (χ1v) is 8.96. The number of benzene rings is 1. The van der Waals surface area contributed by atoms with Gasteiger partial charge in [-0.2, -0.15) is 9.78 Å². The van der Waals surface area contributed by atoms with Crippen molar-refractivity contribution in [1.82, 2.24) is 20.0 Å². The van der Waals surface area contributed by atoms with E-state index in [-0.39, 0.29) is 18.2 Å². The van der Waals surface area contributed by atoms with E-state index < -0.39 is 0 Å². The molecule has 4 rings (SSSR count). The molecule has 0 saturated carbocycles. The molecule has 1 amide bonds. The van der Waals surface area contributed by atoms with Crippen molar-refractivity contribution in [2.45, 2.75) is 19.3 Å². The Hall–Kier alpha value is -2.64. The smallest absolute Gasteiger partial charge is 0.233 e. The van der Waals surface area contributed by atoms with Crippen LogP contribution in [0, 0.1) is 6.92 Å². The maximum Gasteiger partial charge on any atom is 0.233 e. The average molecular weight is 404 g/mol. The van der Waals surface area contributed by atoms with E-state index in [0.717, 1.165) is 16.8 Å². The van der Waals surface area contributed by atoms with Gasteiger partial charge in [0.15, 0.2) is 5.82 Å².